The molecule has 6 heteroatoms. The Morgan fingerprint density at radius 1 is 1.19 bits per heavy atom. The van der Waals surface area contributed by atoms with Gasteiger partial charge < -0.3 is 20.3 Å². The summed E-state index contributed by atoms with van der Waals surface area (Å²) in [4.78, 5) is 26.3. The van der Waals surface area contributed by atoms with E-state index in [9.17, 15) is 9.59 Å². The third-order valence-corrected chi connectivity index (χ3v) is 6.34. The predicted molar refractivity (Wildman–Crippen MR) is 102 cm³/mol. The number of rotatable bonds is 2. The highest BCUT2D eigenvalue weighted by atomic mass is 16.5. The van der Waals surface area contributed by atoms with Gasteiger partial charge in [0.2, 0.25) is 11.8 Å². The maximum atomic E-state index is 13.0. The largest absolute Gasteiger partial charge is 0.487 e. The molecular weight excluding hydrogens is 342 g/mol. The van der Waals surface area contributed by atoms with Crippen LogP contribution in [0.1, 0.15) is 50.6 Å². The number of piperidine rings is 2. The molecule has 27 heavy (non-hydrogen) atoms. The average Bonchev–Trinajstić information content (AvgIpc) is 2.68. The zero-order chi connectivity index (χ0) is 18.9. The SMILES string of the molecule is CC(=O)N1CCC(C(=O)NC2CC3(CCNCC3)Oc3ccccc32)CC1. The third kappa shape index (κ3) is 3.81. The number of hydrogen-bond acceptors (Lipinski definition) is 4. The van der Waals surface area contributed by atoms with E-state index in [2.05, 4.69) is 16.7 Å². The molecule has 2 fully saturated rings. The van der Waals surface area contributed by atoms with E-state index in [0.717, 1.165) is 56.5 Å². The quantitative estimate of drug-likeness (QED) is 0.834. The van der Waals surface area contributed by atoms with Gasteiger partial charge in [-0.1, -0.05) is 18.2 Å². The van der Waals surface area contributed by atoms with Gasteiger partial charge in [0, 0.05) is 37.9 Å². The highest BCUT2D eigenvalue weighted by molar-refractivity contribution is 5.80. The topological polar surface area (TPSA) is 70.7 Å². The van der Waals surface area contributed by atoms with E-state index < -0.39 is 0 Å². The molecule has 3 aliphatic rings. The zero-order valence-electron chi connectivity index (χ0n) is 16.0. The molecule has 3 heterocycles. The molecule has 2 N–H and O–H groups in total. The van der Waals surface area contributed by atoms with Crippen molar-refractivity contribution in [1.29, 1.82) is 0 Å². The summed E-state index contributed by atoms with van der Waals surface area (Å²) < 4.78 is 6.42. The Morgan fingerprint density at radius 3 is 2.59 bits per heavy atom. The Labute approximate surface area is 160 Å². The van der Waals surface area contributed by atoms with Gasteiger partial charge in [0.1, 0.15) is 11.4 Å². The Balaban J connectivity index is 1.47. The standard InChI is InChI=1S/C21H29N3O3/c1-15(25)24-12-6-16(7-13-24)20(26)23-18-14-21(8-10-22-11-9-21)27-19-5-3-2-4-17(18)19/h2-5,16,18,22H,6-14H2,1H3,(H,23,26). The summed E-state index contributed by atoms with van der Waals surface area (Å²) in [6.45, 7) is 4.84. The number of benzene rings is 1. The van der Waals surface area contributed by atoms with Crippen molar-refractivity contribution in [2.45, 2.75) is 50.7 Å². The van der Waals surface area contributed by atoms with Crippen molar-refractivity contribution in [3.63, 3.8) is 0 Å². The Bertz CT molecular complexity index is 706. The highest BCUT2D eigenvalue weighted by Gasteiger charge is 2.42. The lowest BCUT2D eigenvalue weighted by atomic mass is 9.80. The molecule has 1 aromatic rings. The number of amides is 2. The van der Waals surface area contributed by atoms with Crippen molar-refractivity contribution in [3.05, 3.63) is 29.8 Å². The van der Waals surface area contributed by atoms with Crippen LogP contribution in [0.2, 0.25) is 0 Å². The molecule has 0 aliphatic carbocycles. The van der Waals surface area contributed by atoms with Crippen LogP contribution in [-0.4, -0.2) is 48.5 Å². The van der Waals surface area contributed by atoms with Crippen molar-refractivity contribution in [1.82, 2.24) is 15.5 Å². The van der Waals surface area contributed by atoms with Crippen LogP contribution in [0.15, 0.2) is 24.3 Å². The summed E-state index contributed by atoms with van der Waals surface area (Å²) in [5, 5.41) is 6.72. The normalized spacial score (nSPS) is 24.8. The van der Waals surface area contributed by atoms with Crippen molar-refractivity contribution >= 4 is 11.8 Å². The van der Waals surface area contributed by atoms with Crippen molar-refractivity contribution in [2.24, 2.45) is 5.92 Å². The number of hydrogen-bond donors (Lipinski definition) is 2. The molecule has 0 saturated carbocycles. The lowest BCUT2D eigenvalue weighted by molar-refractivity contribution is -0.134. The van der Waals surface area contributed by atoms with Gasteiger partial charge in [0.25, 0.3) is 0 Å². The Morgan fingerprint density at radius 2 is 1.89 bits per heavy atom. The maximum Gasteiger partial charge on any atom is 0.223 e. The van der Waals surface area contributed by atoms with Gasteiger partial charge in [-0.05, 0) is 44.8 Å². The number of nitrogens with one attached hydrogen (secondary N) is 2. The summed E-state index contributed by atoms with van der Waals surface area (Å²) in [6.07, 6.45) is 4.23. The molecule has 1 aromatic carbocycles. The van der Waals surface area contributed by atoms with Crippen LogP contribution in [0.4, 0.5) is 0 Å². The Kier molecular flexibility index (Phi) is 5.08. The summed E-state index contributed by atoms with van der Waals surface area (Å²) in [5.74, 6) is 1.10. The van der Waals surface area contributed by atoms with Gasteiger partial charge in [-0.3, -0.25) is 9.59 Å². The summed E-state index contributed by atoms with van der Waals surface area (Å²) >= 11 is 0. The van der Waals surface area contributed by atoms with Gasteiger partial charge in [-0.2, -0.15) is 0 Å². The van der Waals surface area contributed by atoms with Crippen LogP contribution in [0.25, 0.3) is 0 Å². The second-order valence-corrected chi connectivity index (χ2v) is 8.12. The molecule has 4 rings (SSSR count). The molecule has 0 aromatic heterocycles. The van der Waals surface area contributed by atoms with E-state index in [1.165, 1.54) is 0 Å². The van der Waals surface area contributed by atoms with Crippen LogP contribution < -0.4 is 15.4 Å². The minimum Gasteiger partial charge on any atom is -0.487 e. The monoisotopic (exact) mass is 371 g/mol. The first-order valence-corrected chi connectivity index (χ1v) is 10.1. The summed E-state index contributed by atoms with van der Waals surface area (Å²) in [5.41, 5.74) is 0.895. The fourth-order valence-electron chi connectivity index (χ4n) is 4.68. The maximum absolute atomic E-state index is 13.0. The van der Waals surface area contributed by atoms with Gasteiger partial charge in [0.05, 0.1) is 6.04 Å². The number of likely N-dealkylation sites (tertiary alicyclic amines) is 1. The molecule has 1 atom stereocenters. The molecule has 146 valence electrons. The van der Waals surface area contributed by atoms with Gasteiger partial charge in [-0.15, -0.1) is 0 Å². The molecule has 1 spiro atoms. The molecule has 1 unspecified atom stereocenters. The fourth-order valence-corrected chi connectivity index (χ4v) is 4.68. The number of ether oxygens (including phenoxy) is 1. The van der Waals surface area contributed by atoms with E-state index in [4.69, 9.17) is 4.74 Å². The second-order valence-electron chi connectivity index (χ2n) is 8.12. The van der Waals surface area contributed by atoms with Crippen LogP contribution in [0, 0.1) is 5.92 Å². The first-order chi connectivity index (χ1) is 13.1. The second kappa shape index (κ2) is 7.50. The van der Waals surface area contributed by atoms with Crippen molar-refractivity contribution < 1.29 is 14.3 Å². The predicted octanol–water partition coefficient (Wildman–Crippen LogP) is 2.01. The van der Waals surface area contributed by atoms with Crippen LogP contribution >= 0.6 is 0 Å². The van der Waals surface area contributed by atoms with E-state index in [0.29, 0.717) is 13.1 Å². The number of nitrogens with zero attached hydrogens (tertiary/aromatic N) is 1. The summed E-state index contributed by atoms with van der Waals surface area (Å²) in [7, 11) is 0. The third-order valence-electron chi connectivity index (χ3n) is 6.34. The molecule has 0 bridgehead atoms. The van der Waals surface area contributed by atoms with Crippen LogP contribution in [0.3, 0.4) is 0 Å². The fraction of sp³-hybridized carbons (Fsp3) is 0.619. The minimum atomic E-state index is -0.185. The van der Waals surface area contributed by atoms with Crippen molar-refractivity contribution in [2.75, 3.05) is 26.2 Å². The number of para-hydroxylation sites is 1. The highest BCUT2D eigenvalue weighted by Crippen LogP contribution is 2.43. The molecule has 2 amide bonds. The first kappa shape index (κ1) is 18.3. The van der Waals surface area contributed by atoms with Crippen LogP contribution in [-0.2, 0) is 9.59 Å². The first-order valence-electron chi connectivity index (χ1n) is 10.1. The van der Waals surface area contributed by atoms with Crippen molar-refractivity contribution in [3.8, 4) is 5.75 Å². The summed E-state index contributed by atoms with van der Waals surface area (Å²) in [6, 6.07) is 8.07. The Hall–Kier alpha value is -2.08. The average molecular weight is 371 g/mol. The smallest absolute Gasteiger partial charge is 0.223 e. The van der Waals surface area contributed by atoms with E-state index in [-0.39, 0.29) is 29.4 Å². The number of carbonyl (C=O) groups is 2. The lowest BCUT2D eigenvalue weighted by Gasteiger charge is -2.45. The van der Waals surface area contributed by atoms with E-state index >= 15 is 0 Å². The van der Waals surface area contributed by atoms with Gasteiger partial charge in [-0.25, -0.2) is 0 Å². The van der Waals surface area contributed by atoms with Gasteiger partial charge >= 0.3 is 0 Å². The lowest BCUT2D eigenvalue weighted by Crippen LogP contribution is -2.52. The van der Waals surface area contributed by atoms with E-state index in [1.54, 1.807) is 6.92 Å². The van der Waals surface area contributed by atoms with Gasteiger partial charge in [0.15, 0.2) is 0 Å². The number of fused-ring (bicyclic) bond motifs is 1. The number of carbonyl (C=O) groups excluding carboxylic acids is 2. The molecule has 3 aliphatic heterocycles. The van der Waals surface area contributed by atoms with Crippen LogP contribution in [0.5, 0.6) is 5.75 Å². The minimum absolute atomic E-state index is 0.00798. The zero-order valence-corrected chi connectivity index (χ0v) is 16.0. The van der Waals surface area contributed by atoms with E-state index in [1.807, 2.05) is 23.1 Å². The molecule has 2 saturated heterocycles. The molecular formula is C21H29N3O3. The molecule has 0 radical (unpaired) electrons. The molecule has 6 nitrogen and oxygen atoms in total.